The van der Waals surface area contributed by atoms with Crippen LogP contribution >= 0.6 is 0 Å². The minimum atomic E-state index is -0.328. The predicted molar refractivity (Wildman–Crippen MR) is 80.1 cm³/mol. The number of methoxy groups -OCH3 is 1. The van der Waals surface area contributed by atoms with Crippen molar-refractivity contribution < 1.29 is 14.6 Å². The number of hydrogen-bond donors (Lipinski definition) is 1. The van der Waals surface area contributed by atoms with Crippen LogP contribution in [0.15, 0.2) is 24.3 Å². The lowest BCUT2D eigenvalue weighted by Crippen LogP contribution is -2.38. The smallest absolute Gasteiger partial charge is 0.125 e. The lowest BCUT2D eigenvalue weighted by Gasteiger charge is -2.33. The Labute approximate surface area is 121 Å². The zero-order chi connectivity index (χ0) is 14.4. The van der Waals surface area contributed by atoms with Gasteiger partial charge in [0.25, 0.3) is 0 Å². The van der Waals surface area contributed by atoms with Crippen molar-refractivity contribution in [2.75, 3.05) is 13.7 Å². The molecule has 1 aliphatic rings. The Hall–Kier alpha value is -1.06. The van der Waals surface area contributed by atoms with Crippen LogP contribution in [0.4, 0.5) is 0 Å². The van der Waals surface area contributed by atoms with E-state index in [0.717, 1.165) is 38.0 Å². The van der Waals surface area contributed by atoms with Crippen LogP contribution in [0.3, 0.4) is 0 Å². The number of aliphatic hydroxyl groups excluding tert-OH is 1. The summed E-state index contributed by atoms with van der Waals surface area (Å²) >= 11 is 0. The molecule has 1 fully saturated rings. The van der Waals surface area contributed by atoms with Crippen LogP contribution in [0.25, 0.3) is 0 Å². The fourth-order valence-corrected chi connectivity index (χ4v) is 2.82. The summed E-state index contributed by atoms with van der Waals surface area (Å²) in [6.07, 6.45) is 4.64. The summed E-state index contributed by atoms with van der Waals surface area (Å²) in [6.45, 7) is 2.95. The molecule has 0 radical (unpaired) electrons. The minimum absolute atomic E-state index is 0.0569. The van der Waals surface area contributed by atoms with Gasteiger partial charge in [-0.2, -0.15) is 0 Å². The van der Waals surface area contributed by atoms with E-state index in [4.69, 9.17) is 9.47 Å². The van der Waals surface area contributed by atoms with Crippen LogP contribution < -0.4 is 4.74 Å². The topological polar surface area (TPSA) is 38.7 Å². The fourth-order valence-electron chi connectivity index (χ4n) is 2.82. The Bertz CT molecular complexity index is 388. The van der Waals surface area contributed by atoms with Crippen molar-refractivity contribution in [3.8, 4) is 5.75 Å². The Kier molecular flexibility index (Phi) is 5.86. The van der Waals surface area contributed by atoms with Crippen LogP contribution in [0.2, 0.25) is 0 Å². The summed E-state index contributed by atoms with van der Waals surface area (Å²) in [6, 6.07) is 8.13. The van der Waals surface area contributed by atoms with Gasteiger partial charge >= 0.3 is 0 Å². The van der Waals surface area contributed by atoms with Crippen molar-refractivity contribution in [1.82, 2.24) is 0 Å². The van der Waals surface area contributed by atoms with Crippen molar-refractivity contribution in [2.24, 2.45) is 5.92 Å². The number of hydrogen-bond acceptors (Lipinski definition) is 3. The minimum Gasteiger partial charge on any atom is -0.488 e. The number of benzene rings is 1. The molecule has 1 N–H and O–H groups in total. The highest BCUT2D eigenvalue weighted by molar-refractivity contribution is 5.27. The first-order valence-electron chi connectivity index (χ1n) is 7.65. The van der Waals surface area contributed by atoms with Crippen LogP contribution in [-0.2, 0) is 11.2 Å². The molecule has 2 rings (SSSR count). The van der Waals surface area contributed by atoms with Crippen molar-refractivity contribution in [3.63, 3.8) is 0 Å². The monoisotopic (exact) mass is 278 g/mol. The summed E-state index contributed by atoms with van der Waals surface area (Å²) in [5, 5.41) is 10.1. The molecule has 1 saturated carbocycles. The van der Waals surface area contributed by atoms with Gasteiger partial charge in [0, 0.05) is 7.11 Å². The average molecular weight is 278 g/mol. The second-order valence-electron chi connectivity index (χ2n) is 5.70. The lowest BCUT2D eigenvalue weighted by atomic mass is 9.84. The Morgan fingerprint density at radius 3 is 2.60 bits per heavy atom. The molecule has 0 amide bonds. The van der Waals surface area contributed by atoms with Crippen molar-refractivity contribution >= 4 is 0 Å². The molecule has 1 aromatic rings. The zero-order valence-electron chi connectivity index (χ0n) is 12.5. The van der Waals surface area contributed by atoms with E-state index in [0.29, 0.717) is 5.92 Å². The molecule has 0 spiro atoms. The molecule has 0 bridgehead atoms. The van der Waals surface area contributed by atoms with Gasteiger partial charge in [-0.3, -0.25) is 0 Å². The highest BCUT2D eigenvalue weighted by Gasteiger charge is 2.29. The third-order valence-corrected chi connectivity index (χ3v) is 4.25. The fraction of sp³-hybridized carbons (Fsp3) is 0.647. The van der Waals surface area contributed by atoms with Crippen LogP contribution in [0.1, 0.15) is 38.2 Å². The first kappa shape index (κ1) is 15.3. The SMILES string of the molecule is CCC1CCC(O)C(Oc2ccc(CCOC)cc2)C1. The summed E-state index contributed by atoms with van der Waals surface area (Å²) < 4.78 is 11.0. The quantitative estimate of drug-likeness (QED) is 0.868. The van der Waals surface area contributed by atoms with Gasteiger partial charge in [-0.15, -0.1) is 0 Å². The molecule has 3 unspecified atom stereocenters. The zero-order valence-corrected chi connectivity index (χ0v) is 12.5. The van der Waals surface area contributed by atoms with Crippen molar-refractivity contribution in [3.05, 3.63) is 29.8 Å². The van der Waals surface area contributed by atoms with E-state index >= 15 is 0 Å². The molecule has 0 heterocycles. The van der Waals surface area contributed by atoms with E-state index < -0.39 is 0 Å². The van der Waals surface area contributed by atoms with Gasteiger partial charge < -0.3 is 14.6 Å². The maximum atomic E-state index is 10.1. The molecule has 0 saturated heterocycles. The van der Waals surface area contributed by atoms with E-state index in [9.17, 15) is 5.11 Å². The highest BCUT2D eigenvalue weighted by Crippen LogP contribution is 2.30. The molecule has 112 valence electrons. The summed E-state index contributed by atoms with van der Waals surface area (Å²) in [5.41, 5.74) is 1.25. The van der Waals surface area contributed by atoms with Gasteiger partial charge in [-0.1, -0.05) is 25.5 Å². The average Bonchev–Trinajstić information content (AvgIpc) is 2.49. The van der Waals surface area contributed by atoms with Gasteiger partial charge in [-0.25, -0.2) is 0 Å². The van der Waals surface area contributed by atoms with Gasteiger partial charge in [0.2, 0.25) is 0 Å². The van der Waals surface area contributed by atoms with E-state index in [1.54, 1.807) is 7.11 Å². The summed E-state index contributed by atoms with van der Waals surface area (Å²) in [4.78, 5) is 0. The summed E-state index contributed by atoms with van der Waals surface area (Å²) in [7, 11) is 1.71. The van der Waals surface area contributed by atoms with Gasteiger partial charge in [-0.05, 0) is 49.3 Å². The highest BCUT2D eigenvalue weighted by atomic mass is 16.5. The van der Waals surface area contributed by atoms with E-state index in [1.807, 2.05) is 12.1 Å². The van der Waals surface area contributed by atoms with E-state index in [-0.39, 0.29) is 12.2 Å². The molecule has 3 heteroatoms. The molecule has 3 atom stereocenters. The molecule has 0 aliphatic heterocycles. The maximum Gasteiger partial charge on any atom is 0.125 e. The number of aliphatic hydroxyl groups is 1. The van der Waals surface area contributed by atoms with Crippen LogP contribution in [0, 0.1) is 5.92 Å². The first-order chi connectivity index (χ1) is 9.72. The Morgan fingerprint density at radius 1 is 1.20 bits per heavy atom. The first-order valence-corrected chi connectivity index (χ1v) is 7.65. The molecular weight excluding hydrogens is 252 g/mol. The van der Waals surface area contributed by atoms with E-state index in [1.165, 1.54) is 12.0 Å². The number of rotatable bonds is 6. The maximum absolute atomic E-state index is 10.1. The van der Waals surface area contributed by atoms with Crippen LogP contribution in [-0.4, -0.2) is 31.0 Å². The van der Waals surface area contributed by atoms with Gasteiger partial charge in [0.1, 0.15) is 11.9 Å². The second kappa shape index (κ2) is 7.65. The normalized spacial score (nSPS) is 26.4. The molecular formula is C17H26O3. The third kappa shape index (κ3) is 4.22. The third-order valence-electron chi connectivity index (χ3n) is 4.25. The summed E-state index contributed by atoms with van der Waals surface area (Å²) in [5.74, 6) is 1.54. The molecule has 0 aromatic heterocycles. The van der Waals surface area contributed by atoms with Gasteiger partial charge in [0.05, 0.1) is 12.7 Å². The Balaban J connectivity index is 1.91. The standard InChI is InChI=1S/C17H26O3/c1-3-13-6-9-16(18)17(12-13)20-15-7-4-14(5-8-15)10-11-19-2/h4-5,7-8,13,16-18H,3,6,9-12H2,1-2H3. The van der Waals surface area contributed by atoms with Crippen molar-refractivity contribution in [1.29, 1.82) is 0 Å². The van der Waals surface area contributed by atoms with Gasteiger partial charge in [0.15, 0.2) is 0 Å². The molecule has 1 aliphatic carbocycles. The van der Waals surface area contributed by atoms with E-state index in [2.05, 4.69) is 19.1 Å². The molecule has 20 heavy (non-hydrogen) atoms. The lowest BCUT2D eigenvalue weighted by molar-refractivity contribution is -0.0109. The number of ether oxygens (including phenoxy) is 2. The van der Waals surface area contributed by atoms with Crippen molar-refractivity contribution in [2.45, 2.75) is 51.2 Å². The predicted octanol–water partition coefficient (Wildman–Crippen LogP) is 3.19. The second-order valence-corrected chi connectivity index (χ2v) is 5.70. The molecule has 3 nitrogen and oxygen atoms in total. The molecule has 1 aromatic carbocycles. The largest absolute Gasteiger partial charge is 0.488 e. The Morgan fingerprint density at radius 2 is 1.95 bits per heavy atom. The van der Waals surface area contributed by atoms with Crippen LogP contribution in [0.5, 0.6) is 5.75 Å².